The molecule has 3 atom stereocenters. The lowest BCUT2D eigenvalue weighted by atomic mass is 9.75. The number of ether oxygens (including phenoxy) is 1. The highest BCUT2D eigenvalue weighted by Crippen LogP contribution is 2.36. The second-order valence-corrected chi connectivity index (χ2v) is 12.0. The molecule has 0 saturated carbocycles. The Kier molecular flexibility index (Phi) is 10.1. The number of halogens is 3. The predicted octanol–water partition coefficient (Wildman–Crippen LogP) is 4.32. The molecule has 0 unspecified atom stereocenters. The molecule has 0 aromatic heterocycles. The number of allylic oxidation sites excluding steroid dienone is 2. The minimum atomic E-state index is -4.44. The molecule has 236 valence electrons. The van der Waals surface area contributed by atoms with E-state index in [1.807, 2.05) is 35.2 Å². The number of benzene rings is 2. The van der Waals surface area contributed by atoms with Crippen LogP contribution in [-0.2, 0) is 31.7 Å². The molecule has 3 aliphatic rings. The van der Waals surface area contributed by atoms with Crippen molar-refractivity contribution in [3.63, 3.8) is 0 Å². The molecule has 44 heavy (non-hydrogen) atoms. The van der Waals surface area contributed by atoms with Crippen molar-refractivity contribution in [1.29, 1.82) is 0 Å². The van der Waals surface area contributed by atoms with Crippen molar-refractivity contribution in [2.75, 3.05) is 38.2 Å². The van der Waals surface area contributed by atoms with E-state index in [9.17, 15) is 27.6 Å². The number of anilines is 1. The van der Waals surface area contributed by atoms with E-state index in [0.29, 0.717) is 70.5 Å². The Hall–Kier alpha value is -3.70. The topological polar surface area (TPSA) is 99.8 Å². The van der Waals surface area contributed by atoms with Gasteiger partial charge in [-0.15, -0.1) is 0 Å². The van der Waals surface area contributed by atoms with Crippen molar-refractivity contribution in [3.05, 3.63) is 77.9 Å². The van der Waals surface area contributed by atoms with E-state index < -0.39 is 23.2 Å². The monoisotopic (exact) mass is 612 g/mol. The van der Waals surface area contributed by atoms with Crippen LogP contribution in [0.4, 0.5) is 18.9 Å². The number of likely N-dealkylation sites (tertiary alicyclic amines) is 1. The molecule has 1 spiro atoms. The number of nitrogens with one attached hydrogen (secondary N) is 3. The lowest BCUT2D eigenvalue weighted by molar-refractivity contribution is -0.140. The molecule has 2 aromatic carbocycles. The van der Waals surface area contributed by atoms with Gasteiger partial charge in [0.15, 0.2) is 0 Å². The maximum Gasteiger partial charge on any atom is 0.416 e. The molecule has 3 aliphatic heterocycles. The largest absolute Gasteiger partial charge is 0.416 e. The fourth-order valence-electron chi connectivity index (χ4n) is 6.35. The van der Waals surface area contributed by atoms with Crippen LogP contribution in [-0.4, -0.2) is 67.6 Å². The molecule has 0 aliphatic carbocycles. The average molecular weight is 613 g/mol. The van der Waals surface area contributed by atoms with Gasteiger partial charge in [-0.3, -0.25) is 19.3 Å². The van der Waals surface area contributed by atoms with Gasteiger partial charge in [0.25, 0.3) is 0 Å². The van der Waals surface area contributed by atoms with Gasteiger partial charge < -0.3 is 20.7 Å². The van der Waals surface area contributed by atoms with Gasteiger partial charge in [0, 0.05) is 44.5 Å². The number of hydrogen-bond donors (Lipinski definition) is 3. The minimum absolute atomic E-state index is 0.0287. The van der Waals surface area contributed by atoms with Gasteiger partial charge in [-0.1, -0.05) is 42.5 Å². The van der Waals surface area contributed by atoms with Crippen LogP contribution in [0.2, 0.25) is 0 Å². The zero-order valence-electron chi connectivity index (χ0n) is 24.6. The molecular weight excluding hydrogens is 573 g/mol. The van der Waals surface area contributed by atoms with Gasteiger partial charge in [0.2, 0.25) is 17.7 Å². The minimum Gasteiger partial charge on any atom is -0.381 e. The van der Waals surface area contributed by atoms with Crippen molar-refractivity contribution in [1.82, 2.24) is 15.5 Å². The zero-order chi connectivity index (χ0) is 31.2. The molecular formula is C33H39F3N4O4. The quantitative estimate of drug-likeness (QED) is 0.437. The Morgan fingerprint density at radius 1 is 1.00 bits per heavy atom. The van der Waals surface area contributed by atoms with E-state index in [2.05, 4.69) is 28.1 Å². The molecule has 5 rings (SSSR count). The summed E-state index contributed by atoms with van der Waals surface area (Å²) >= 11 is 0. The lowest BCUT2D eigenvalue weighted by Gasteiger charge is -2.40. The zero-order valence-corrected chi connectivity index (χ0v) is 24.6. The molecule has 0 bridgehead atoms. The highest BCUT2D eigenvalue weighted by Gasteiger charge is 2.41. The lowest BCUT2D eigenvalue weighted by Crippen LogP contribution is -2.58. The number of amides is 3. The Balaban J connectivity index is 1.28. The SMILES string of the molecule is O=C(CN1CC[C@H]2NC(=O)[C@@H](Cc3ccccc3)NC(=O)C3(CC=CC[C@H]2C1)CCOCC3)Nc1ccc(C(F)(F)F)cc1. The summed E-state index contributed by atoms with van der Waals surface area (Å²) in [5.41, 5.74) is -0.167. The molecule has 3 heterocycles. The van der Waals surface area contributed by atoms with Crippen molar-refractivity contribution >= 4 is 23.4 Å². The Bertz CT molecular complexity index is 1330. The normalized spacial score (nSPS) is 24.8. The summed E-state index contributed by atoms with van der Waals surface area (Å²) < 4.78 is 44.2. The van der Waals surface area contributed by atoms with Crippen LogP contribution < -0.4 is 16.0 Å². The second-order valence-electron chi connectivity index (χ2n) is 12.0. The molecule has 3 N–H and O–H groups in total. The molecule has 0 radical (unpaired) electrons. The predicted molar refractivity (Wildman–Crippen MR) is 159 cm³/mol. The van der Waals surface area contributed by atoms with E-state index in [-0.39, 0.29) is 36.2 Å². The highest BCUT2D eigenvalue weighted by molar-refractivity contribution is 5.92. The van der Waals surface area contributed by atoms with Gasteiger partial charge in [-0.2, -0.15) is 13.2 Å². The van der Waals surface area contributed by atoms with Gasteiger partial charge in [-0.25, -0.2) is 0 Å². The van der Waals surface area contributed by atoms with Gasteiger partial charge in [-0.05, 0) is 67.9 Å². The van der Waals surface area contributed by atoms with Crippen LogP contribution in [0.3, 0.4) is 0 Å². The van der Waals surface area contributed by atoms with Crippen LogP contribution in [0.5, 0.6) is 0 Å². The van der Waals surface area contributed by atoms with Crippen molar-refractivity contribution in [2.24, 2.45) is 11.3 Å². The maximum absolute atomic E-state index is 13.7. The molecule has 11 heteroatoms. The number of carbonyl (C=O) groups excluding carboxylic acids is 3. The van der Waals surface area contributed by atoms with Crippen molar-refractivity contribution < 1.29 is 32.3 Å². The van der Waals surface area contributed by atoms with Crippen LogP contribution in [0.15, 0.2) is 66.7 Å². The summed E-state index contributed by atoms with van der Waals surface area (Å²) in [4.78, 5) is 42.2. The molecule has 2 saturated heterocycles. The summed E-state index contributed by atoms with van der Waals surface area (Å²) in [5.74, 6) is -0.631. The van der Waals surface area contributed by atoms with E-state index >= 15 is 0 Å². The first-order valence-electron chi connectivity index (χ1n) is 15.2. The van der Waals surface area contributed by atoms with E-state index in [1.54, 1.807) is 0 Å². The number of carbonyl (C=O) groups is 3. The number of rotatable bonds is 5. The molecule has 2 fully saturated rings. The number of hydrogen-bond acceptors (Lipinski definition) is 5. The van der Waals surface area contributed by atoms with Crippen LogP contribution in [0.1, 0.15) is 43.2 Å². The third kappa shape index (κ3) is 8.06. The summed E-state index contributed by atoms with van der Waals surface area (Å²) in [5, 5.41) is 9.00. The van der Waals surface area contributed by atoms with E-state index in [0.717, 1.165) is 17.7 Å². The average Bonchev–Trinajstić information content (AvgIpc) is 3.00. The fraction of sp³-hybridized carbons (Fsp3) is 0.485. The highest BCUT2D eigenvalue weighted by atomic mass is 19.4. The number of alkyl halides is 3. The van der Waals surface area contributed by atoms with Gasteiger partial charge >= 0.3 is 6.18 Å². The number of nitrogens with zero attached hydrogens (tertiary/aromatic N) is 1. The second kappa shape index (κ2) is 13.9. The third-order valence-electron chi connectivity index (χ3n) is 8.96. The maximum atomic E-state index is 13.7. The first kappa shape index (κ1) is 31.7. The van der Waals surface area contributed by atoms with Crippen LogP contribution >= 0.6 is 0 Å². The summed E-state index contributed by atoms with van der Waals surface area (Å²) in [6.45, 7) is 2.18. The first-order chi connectivity index (χ1) is 21.1. The van der Waals surface area contributed by atoms with Crippen LogP contribution in [0.25, 0.3) is 0 Å². The van der Waals surface area contributed by atoms with E-state index in [1.165, 1.54) is 12.1 Å². The fourth-order valence-corrected chi connectivity index (χ4v) is 6.35. The van der Waals surface area contributed by atoms with E-state index in [4.69, 9.17) is 4.74 Å². The summed E-state index contributed by atoms with van der Waals surface area (Å²) in [7, 11) is 0. The number of piperidine rings is 1. The smallest absolute Gasteiger partial charge is 0.381 e. The first-order valence-corrected chi connectivity index (χ1v) is 15.2. The van der Waals surface area contributed by atoms with Gasteiger partial charge in [0.05, 0.1) is 17.5 Å². The standard InChI is InChI=1S/C33H39F3N4O4/c34-33(35,36)25-9-11-26(12-10-25)37-29(41)22-40-17-13-27-24(21-40)8-4-5-14-32(15-18-44-19-16-32)31(43)39-28(30(42)38-27)20-23-6-2-1-3-7-23/h1-7,9-12,24,27-28H,8,13-22H2,(H,37,41)(H,38,42)(H,39,43)/t24-,27+,28+/m0/s1. The van der Waals surface area contributed by atoms with Crippen molar-refractivity contribution in [3.8, 4) is 0 Å². The number of fused-ring (bicyclic) bond motifs is 1. The molecule has 2 aromatic rings. The summed E-state index contributed by atoms with van der Waals surface area (Å²) in [6, 6.07) is 13.1. The van der Waals surface area contributed by atoms with Crippen LogP contribution in [0, 0.1) is 11.3 Å². The molecule has 3 amide bonds. The van der Waals surface area contributed by atoms with Gasteiger partial charge in [0.1, 0.15) is 6.04 Å². The molecule has 8 nitrogen and oxygen atoms in total. The Labute approximate surface area is 255 Å². The Morgan fingerprint density at radius 3 is 2.43 bits per heavy atom. The summed E-state index contributed by atoms with van der Waals surface area (Å²) in [6.07, 6.45) is 3.06. The van der Waals surface area contributed by atoms with Crippen molar-refractivity contribution in [2.45, 2.75) is 56.8 Å². The third-order valence-corrected chi connectivity index (χ3v) is 8.96. The Morgan fingerprint density at radius 2 is 1.73 bits per heavy atom.